The zero-order valence-electron chi connectivity index (χ0n) is 12.8. The molecule has 0 saturated carbocycles. The van der Waals surface area contributed by atoms with Gasteiger partial charge in [0.15, 0.2) is 12.4 Å². The summed E-state index contributed by atoms with van der Waals surface area (Å²) in [6, 6.07) is 14.5. The molecule has 1 heterocycles. The van der Waals surface area contributed by atoms with Crippen molar-refractivity contribution in [3.63, 3.8) is 0 Å². The number of carbonyl (C=O) groups is 2. The summed E-state index contributed by atoms with van der Waals surface area (Å²) in [6.45, 7) is -0.227. The first-order valence-electron chi connectivity index (χ1n) is 7.34. The Morgan fingerprint density at radius 3 is 2.71 bits per heavy atom. The number of ketones is 1. The second-order valence-electron chi connectivity index (χ2n) is 5.14. The fraction of sp³-hybridized carbons (Fsp3) is 0.0526. The van der Waals surface area contributed by atoms with E-state index in [0.717, 1.165) is 5.56 Å². The van der Waals surface area contributed by atoms with Crippen LogP contribution in [0, 0.1) is 0 Å². The molecule has 5 nitrogen and oxygen atoms in total. The Balaban J connectivity index is 1.74. The van der Waals surface area contributed by atoms with Gasteiger partial charge < -0.3 is 15.2 Å². The highest BCUT2D eigenvalue weighted by Gasteiger charge is 2.27. The predicted octanol–water partition coefficient (Wildman–Crippen LogP) is 2.72. The van der Waals surface area contributed by atoms with Crippen molar-refractivity contribution in [1.29, 1.82) is 0 Å². The molecule has 0 saturated heterocycles. The molecule has 0 fully saturated rings. The van der Waals surface area contributed by atoms with Crippen molar-refractivity contribution in [2.75, 3.05) is 6.61 Å². The first-order chi connectivity index (χ1) is 11.6. The minimum atomic E-state index is -0.570. The van der Waals surface area contributed by atoms with E-state index in [2.05, 4.69) is 0 Å². The monoisotopic (exact) mass is 321 g/mol. The van der Waals surface area contributed by atoms with Gasteiger partial charge in [0, 0.05) is 6.07 Å². The van der Waals surface area contributed by atoms with Crippen LogP contribution >= 0.6 is 0 Å². The topological polar surface area (TPSA) is 78.6 Å². The molecule has 0 aromatic heterocycles. The van der Waals surface area contributed by atoms with Crippen LogP contribution in [-0.4, -0.2) is 18.3 Å². The molecule has 3 rings (SSSR count). The average molecular weight is 321 g/mol. The van der Waals surface area contributed by atoms with Crippen LogP contribution in [0.3, 0.4) is 0 Å². The number of fused-ring (bicyclic) bond motifs is 1. The Labute approximate surface area is 139 Å². The van der Waals surface area contributed by atoms with E-state index in [4.69, 9.17) is 15.2 Å². The highest BCUT2D eigenvalue weighted by molar-refractivity contribution is 6.12. The number of allylic oxidation sites excluding steroid dienone is 3. The van der Waals surface area contributed by atoms with Crippen LogP contribution < -0.4 is 15.2 Å². The van der Waals surface area contributed by atoms with E-state index in [-0.39, 0.29) is 18.1 Å². The Bertz CT molecular complexity index is 838. The van der Waals surface area contributed by atoms with E-state index in [1.54, 1.807) is 30.4 Å². The van der Waals surface area contributed by atoms with E-state index >= 15 is 0 Å². The summed E-state index contributed by atoms with van der Waals surface area (Å²) < 4.78 is 10.8. The number of rotatable bonds is 5. The molecule has 2 aromatic carbocycles. The molecule has 0 radical (unpaired) electrons. The second kappa shape index (κ2) is 6.83. The van der Waals surface area contributed by atoms with Gasteiger partial charge in [0.2, 0.25) is 5.78 Å². The summed E-state index contributed by atoms with van der Waals surface area (Å²) in [5.74, 6) is 0.301. The number of carbonyl (C=O) groups excluding carboxylic acids is 2. The van der Waals surface area contributed by atoms with E-state index in [9.17, 15) is 9.59 Å². The number of benzene rings is 2. The summed E-state index contributed by atoms with van der Waals surface area (Å²) >= 11 is 0. The van der Waals surface area contributed by atoms with Crippen LogP contribution in [0.15, 0.2) is 66.4 Å². The Morgan fingerprint density at radius 2 is 1.96 bits per heavy atom. The van der Waals surface area contributed by atoms with E-state index in [0.29, 0.717) is 17.1 Å². The van der Waals surface area contributed by atoms with Gasteiger partial charge in [-0.2, -0.15) is 0 Å². The standard InChI is InChI=1S/C19H15NO4/c20-18(21)12-23-14-9-10-15-17(11-14)24-16(19(15)22)8-4-7-13-5-2-1-3-6-13/h1-11H,12H2,(H2,20,21). The van der Waals surface area contributed by atoms with Gasteiger partial charge in [-0.3, -0.25) is 9.59 Å². The largest absolute Gasteiger partial charge is 0.484 e. The van der Waals surface area contributed by atoms with Gasteiger partial charge in [-0.1, -0.05) is 42.5 Å². The molecule has 2 aromatic rings. The quantitative estimate of drug-likeness (QED) is 0.859. The average Bonchev–Trinajstić information content (AvgIpc) is 2.90. The lowest BCUT2D eigenvalue weighted by Crippen LogP contribution is -2.19. The van der Waals surface area contributed by atoms with Crippen LogP contribution in [-0.2, 0) is 4.79 Å². The number of amides is 1. The lowest BCUT2D eigenvalue weighted by Gasteiger charge is -2.04. The predicted molar refractivity (Wildman–Crippen MR) is 89.6 cm³/mol. The van der Waals surface area contributed by atoms with Gasteiger partial charge in [0.1, 0.15) is 11.5 Å². The van der Waals surface area contributed by atoms with Gasteiger partial charge in [0.25, 0.3) is 5.91 Å². The van der Waals surface area contributed by atoms with Crippen LogP contribution in [0.4, 0.5) is 0 Å². The van der Waals surface area contributed by atoms with Crippen LogP contribution in [0.1, 0.15) is 15.9 Å². The minimum Gasteiger partial charge on any atom is -0.484 e. The highest BCUT2D eigenvalue weighted by atomic mass is 16.5. The number of ether oxygens (including phenoxy) is 2. The molecule has 0 bridgehead atoms. The van der Waals surface area contributed by atoms with Crippen molar-refractivity contribution in [2.45, 2.75) is 0 Å². The molecule has 0 atom stereocenters. The van der Waals surface area contributed by atoms with Crippen molar-refractivity contribution in [3.8, 4) is 11.5 Å². The molecule has 0 aliphatic carbocycles. The Hall–Kier alpha value is -3.34. The van der Waals surface area contributed by atoms with Gasteiger partial charge in [-0.05, 0) is 23.8 Å². The maximum atomic E-state index is 12.3. The maximum absolute atomic E-state index is 12.3. The summed E-state index contributed by atoms with van der Waals surface area (Å²) in [5.41, 5.74) is 6.52. The van der Waals surface area contributed by atoms with Crippen LogP contribution in [0.25, 0.3) is 6.08 Å². The lowest BCUT2D eigenvalue weighted by atomic mass is 10.1. The normalized spacial score (nSPS) is 14.7. The smallest absolute Gasteiger partial charge is 0.255 e. The molecule has 0 spiro atoms. The first-order valence-corrected chi connectivity index (χ1v) is 7.34. The molecule has 2 N–H and O–H groups in total. The first kappa shape index (κ1) is 15.6. The minimum absolute atomic E-state index is 0.191. The zero-order chi connectivity index (χ0) is 16.9. The third kappa shape index (κ3) is 3.52. The van der Waals surface area contributed by atoms with Gasteiger partial charge in [0.05, 0.1) is 5.56 Å². The molecule has 1 aliphatic heterocycles. The fourth-order valence-electron chi connectivity index (χ4n) is 2.24. The number of primary amides is 1. The number of hydrogen-bond donors (Lipinski definition) is 1. The van der Waals surface area contributed by atoms with Crippen molar-refractivity contribution in [3.05, 3.63) is 77.6 Å². The molecular weight excluding hydrogens is 306 g/mol. The van der Waals surface area contributed by atoms with E-state index in [1.807, 2.05) is 36.4 Å². The number of hydrogen-bond acceptors (Lipinski definition) is 4. The van der Waals surface area contributed by atoms with Crippen LogP contribution in [0.2, 0.25) is 0 Å². The molecular formula is C19H15NO4. The fourth-order valence-corrected chi connectivity index (χ4v) is 2.24. The number of nitrogens with two attached hydrogens (primary N) is 1. The third-order valence-electron chi connectivity index (χ3n) is 3.36. The molecule has 1 aliphatic rings. The molecule has 1 amide bonds. The summed E-state index contributed by atoms with van der Waals surface area (Å²) in [4.78, 5) is 23.0. The van der Waals surface area contributed by atoms with Crippen molar-refractivity contribution in [1.82, 2.24) is 0 Å². The van der Waals surface area contributed by atoms with Crippen molar-refractivity contribution >= 4 is 17.8 Å². The maximum Gasteiger partial charge on any atom is 0.255 e. The van der Waals surface area contributed by atoms with E-state index in [1.165, 1.54) is 0 Å². The lowest BCUT2D eigenvalue weighted by molar-refractivity contribution is -0.119. The van der Waals surface area contributed by atoms with Gasteiger partial charge >= 0.3 is 0 Å². The summed E-state index contributed by atoms with van der Waals surface area (Å²) in [5, 5.41) is 0. The van der Waals surface area contributed by atoms with Gasteiger partial charge in [-0.25, -0.2) is 0 Å². The molecule has 120 valence electrons. The van der Waals surface area contributed by atoms with Gasteiger partial charge in [-0.15, -0.1) is 0 Å². The molecule has 5 heteroatoms. The van der Waals surface area contributed by atoms with Crippen molar-refractivity contribution in [2.24, 2.45) is 5.73 Å². The summed E-state index contributed by atoms with van der Waals surface area (Å²) in [7, 11) is 0. The highest BCUT2D eigenvalue weighted by Crippen LogP contribution is 2.34. The summed E-state index contributed by atoms with van der Waals surface area (Å²) in [6.07, 6.45) is 5.27. The number of Topliss-reactive ketones (excluding diaryl/α,β-unsaturated/α-hetero) is 1. The zero-order valence-corrected chi connectivity index (χ0v) is 12.8. The second-order valence-corrected chi connectivity index (χ2v) is 5.14. The van der Waals surface area contributed by atoms with Crippen molar-refractivity contribution < 1.29 is 19.1 Å². The Morgan fingerprint density at radius 1 is 1.17 bits per heavy atom. The molecule has 24 heavy (non-hydrogen) atoms. The van der Waals surface area contributed by atoms with E-state index < -0.39 is 5.91 Å². The third-order valence-corrected chi connectivity index (χ3v) is 3.36. The molecule has 0 unspecified atom stereocenters. The Kier molecular flexibility index (Phi) is 4.43. The van der Waals surface area contributed by atoms with Crippen LogP contribution in [0.5, 0.6) is 11.5 Å². The SMILES string of the molecule is NC(=O)COc1ccc2c(c1)OC(=CC=Cc1ccccc1)C2=O.